The molecule has 1 fully saturated rings. The molecule has 2 amide bonds. The fraction of sp³-hybridized carbons (Fsp3) is 0.562. The van der Waals surface area contributed by atoms with Crippen molar-refractivity contribution in [2.24, 2.45) is 0 Å². The number of likely N-dealkylation sites (tertiary alicyclic amines) is 1. The first-order chi connectivity index (χ1) is 12.2. The molecule has 0 spiro atoms. The number of aromatic nitrogens is 1. The first-order valence-corrected chi connectivity index (χ1v) is 8.59. The number of carbonyl (C=O) groups is 2. The van der Waals surface area contributed by atoms with Gasteiger partial charge in [-0.2, -0.15) is 13.2 Å². The highest BCUT2D eigenvalue weighted by Crippen LogP contribution is 2.32. The van der Waals surface area contributed by atoms with Crippen LogP contribution in [0.15, 0.2) is 12.3 Å². The lowest BCUT2D eigenvalue weighted by atomic mass is 10.0. The summed E-state index contributed by atoms with van der Waals surface area (Å²) >= 11 is 5.81. The molecule has 1 saturated heterocycles. The van der Waals surface area contributed by atoms with Gasteiger partial charge in [-0.25, -0.2) is 4.98 Å². The SMILES string of the molecule is CNC(=O)C1CCCCN1C(=O)CCNc1ncc(C(F)(F)F)cc1Cl. The summed E-state index contributed by atoms with van der Waals surface area (Å²) in [4.78, 5) is 29.5. The number of likely N-dealkylation sites (N-methyl/N-ethyl adjacent to an activating group) is 1. The number of rotatable bonds is 5. The molecule has 144 valence electrons. The Kier molecular flexibility index (Phi) is 6.69. The fourth-order valence-electron chi connectivity index (χ4n) is 2.82. The Bertz CT molecular complexity index is 669. The fourth-order valence-corrected chi connectivity index (χ4v) is 3.06. The zero-order chi connectivity index (χ0) is 19.3. The summed E-state index contributed by atoms with van der Waals surface area (Å²) in [5.74, 6) is -0.318. The lowest BCUT2D eigenvalue weighted by molar-refractivity contribution is -0.141. The van der Waals surface area contributed by atoms with Gasteiger partial charge < -0.3 is 15.5 Å². The topological polar surface area (TPSA) is 74.3 Å². The predicted octanol–water partition coefficient (Wildman–Crippen LogP) is 2.68. The molecule has 2 heterocycles. The van der Waals surface area contributed by atoms with Gasteiger partial charge in [0.2, 0.25) is 11.8 Å². The maximum Gasteiger partial charge on any atom is 0.417 e. The van der Waals surface area contributed by atoms with Crippen LogP contribution in [0.4, 0.5) is 19.0 Å². The number of nitrogens with zero attached hydrogens (tertiary/aromatic N) is 2. The van der Waals surface area contributed by atoms with Gasteiger partial charge in [-0.1, -0.05) is 11.6 Å². The van der Waals surface area contributed by atoms with Crippen molar-refractivity contribution in [3.8, 4) is 0 Å². The van der Waals surface area contributed by atoms with Crippen LogP contribution in [-0.4, -0.2) is 47.9 Å². The summed E-state index contributed by atoms with van der Waals surface area (Å²) in [5.41, 5.74) is -0.939. The van der Waals surface area contributed by atoms with Gasteiger partial charge in [0, 0.05) is 32.8 Å². The Morgan fingerprint density at radius 1 is 1.38 bits per heavy atom. The van der Waals surface area contributed by atoms with Crippen molar-refractivity contribution in [1.29, 1.82) is 0 Å². The molecule has 1 aromatic heterocycles. The number of amides is 2. The number of pyridine rings is 1. The first kappa shape index (κ1) is 20.3. The van der Waals surface area contributed by atoms with Gasteiger partial charge in [-0.05, 0) is 25.3 Å². The van der Waals surface area contributed by atoms with E-state index in [1.54, 1.807) is 4.90 Å². The van der Waals surface area contributed by atoms with Crippen LogP contribution in [-0.2, 0) is 15.8 Å². The van der Waals surface area contributed by atoms with E-state index in [0.29, 0.717) is 19.2 Å². The van der Waals surface area contributed by atoms with E-state index in [4.69, 9.17) is 11.6 Å². The van der Waals surface area contributed by atoms with Crippen molar-refractivity contribution in [1.82, 2.24) is 15.2 Å². The maximum atomic E-state index is 12.6. The lowest BCUT2D eigenvalue weighted by Crippen LogP contribution is -2.51. The van der Waals surface area contributed by atoms with Crippen LogP contribution in [0.1, 0.15) is 31.2 Å². The second-order valence-electron chi connectivity index (χ2n) is 5.94. The average Bonchev–Trinajstić information content (AvgIpc) is 2.61. The van der Waals surface area contributed by atoms with Gasteiger partial charge in [0.05, 0.1) is 10.6 Å². The second kappa shape index (κ2) is 8.57. The van der Waals surface area contributed by atoms with Crippen molar-refractivity contribution in [3.63, 3.8) is 0 Å². The molecule has 6 nitrogen and oxygen atoms in total. The standard InChI is InChI=1S/C16H20ClF3N4O2/c1-21-15(26)12-4-2-3-7-24(12)13(25)5-6-22-14-11(17)8-10(9-23-14)16(18,19)20/h8-9,12H,2-7H2,1H3,(H,21,26)(H,22,23). The molecule has 0 saturated carbocycles. The van der Waals surface area contributed by atoms with Crippen LogP contribution < -0.4 is 10.6 Å². The average molecular weight is 393 g/mol. The van der Waals surface area contributed by atoms with Crippen molar-refractivity contribution in [3.05, 3.63) is 22.8 Å². The highest BCUT2D eigenvalue weighted by Gasteiger charge is 2.32. The zero-order valence-electron chi connectivity index (χ0n) is 14.2. The van der Waals surface area contributed by atoms with Crippen molar-refractivity contribution >= 4 is 29.2 Å². The summed E-state index contributed by atoms with van der Waals surface area (Å²) in [6, 6.07) is 0.305. The number of nitrogens with one attached hydrogen (secondary N) is 2. The van der Waals surface area contributed by atoms with E-state index in [1.165, 1.54) is 7.05 Å². The molecule has 1 atom stereocenters. The predicted molar refractivity (Wildman–Crippen MR) is 90.8 cm³/mol. The number of carbonyl (C=O) groups excluding carboxylic acids is 2. The monoisotopic (exact) mass is 392 g/mol. The van der Waals surface area contributed by atoms with Crippen LogP contribution in [0.5, 0.6) is 0 Å². The molecule has 0 radical (unpaired) electrons. The van der Waals surface area contributed by atoms with Gasteiger partial charge in [0.1, 0.15) is 11.9 Å². The third-order valence-corrected chi connectivity index (χ3v) is 4.46. The molecule has 1 aliphatic heterocycles. The minimum absolute atomic E-state index is 0.0759. The molecule has 10 heteroatoms. The summed E-state index contributed by atoms with van der Waals surface area (Å²) in [5, 5.41) is 5.15. The number of halogens is 4. The molecule has 1 aliphatic rings. The smallest absolute Gasteiger partial charge is 0.368 e. The number of alkyl halides is 3. The van der Waals surface area contributed by atoms with Crippen molar-refractivity contribution in [2.75, 3.05) is 25.5 Å². The van der Waals surface area contributed by atoms with Crippen molar-refractivity contribution < 1.29 is 22.8 Å². The van der Waals surface area contributed by atoms with Gasteiger partial charge in [-0.15, -0.1) is 0 Å². The van der Waals surface area contributed by atoms with Crippen LogP contribution in [0.3, 0.4) is 0 Å². The molecule has 2 rings (SSSR count). The highest BCUT2D eigenvalue weighted by atomic mass is 35.5. The molecule has 1 aromatic rings. The van der Waals surface area contributed by atoms with Crippen LogP contribution >= 0.6 is 11.6 Å². The normalized spacial score (nSPS) is 17.7. The van der Waals surface area contributed by atoms with E-state index in [2.05, 4.69) is 15.6 Å². The lowest BCUT2D eigenvalue weighted by Gasteiger charge is -2.34. The van der Waals surface area contributed by atoms with Gasteiger partial charge in [0.25, 0.3) is 0 Å². The minimum Gasteiger partial charge on any atom is -0.368 e. The Morgan fingerprint density at radius 3 is 2.73 bits per heavy atom. The molecular formula is C16H20ClF3N4O2. The summed E-state index contributed by atoms with van der Waals surface area (Å²) < 4.78 is 37.8. The maximum absolute atomic E-state index is 12.6. The van der Waals surface area contributed by atoms with E-state index >= 15 is 0 Å². The molecule has 1 unspecified atom stereocenters. The minimum atomic E-state index is -4.52. The summed E-state index contributed by atoms with van der Waals surface area (Å²) in [6.45, 7) is 0.657. The second-order valence-corrected chi connectivity index (χ2v) is 6.35. The van der Waals surface area contributed by atoms with Gasteiger partial charge >= 0.3 is 6.18 Å². The van der Waals surface area contributed by atoms with E-state index < -0.39 is 17.8 Å². The Balaban J connectivity index is 1.92. The molecule has 0 aliphatic carbocycles. The third-order valence-electron chi connectivity index (χ3n) is 4.17. The quantitative estimate of drug-likeness (QED) is 0.808. The highest BCUT2D eigenvalue weighted by molar-refractivity contribution is 6.32. The summed E-state index contributed by atoms with van der Waals surface area (Å²) in [6.07, 6.45) is -1.43. The van der Waals surface area contributed by atoms with E-state index in [1.807, 2.05) is 0 Å². The van der Waals surface area contributed by atoms with Gasteiger partial charge in [-0.3, -0.25) is 9.59 Å². The van der Waals surface area contributed by atoms with E-state index in [0.717, 1.165) is 18.9 Å². The zero-order valence-corrected chi connectivity index (χ0v) is 15.0. The largest absolute Gasteiger partial charge is 0.417 e. The van der Waals surface area contributed by atoms with E-state index in [9.17, 15) is 22.8 Å². The van der Waals surface area contributed by atoms with Gasteiger partial charge in [0.15, 0.2) is 0 Å². The van der Waals surface area contributed by atoms with Crippen molar-refractivity contribution in [2.45, 2.75) is 37.9 Å². The Morgan fingerprint density at radius 2 is 2.12 bits per heavy atom. The van der Waals surface area contributed by atoms with Crippen LogP contribution in [0.25, 0.3) is 0 Å². The Labute approximate surface area is 154 Å². The molecule has 2 N–H and O–H groups in total. The molecule has 0 aromatic carbocycles. The number of hydrogen-bond acceptors (Lipinski definition) is 4. The van der Waals surface area contributed by atoms with E-state index in [-0.39, 0.29) is 35.6 Å². The molecule has 0 bridgehead atoms. The first-order valence-electron chi connectivity index (χ1n) is 8.21. The number of piperidine rings is 1. The van der Waals surface area contributed by atoms with Crippen LogP contribution in [0.2, 0.25) is 5.02 Å². The Hall–Kier alpha value is -2.03. The summed E-state index contributed by atoms with van der Waals surface area (Å²) in [7, 11) is 1.53. The third kappa shape index (κ3) is 5.00. The van der Waals surface area contributed by atoms with Crippen LogP contribution in [0, 0.1) is 0 Å². The number of anilines is 1. The number of hydrogen-bond donors (Lipinski definition) is 2. The molecule has 26 heavy (non-hydrogen) atoms. The molecular weight excluding hydrogens is 373 g/mol.